The molecule has 0 fully saturated rings. The van der Waals surface area contributed by atoms with E-state index in [2.05, 4.69) is 13.8 Å². The lowest BCUT2D eigenvalue weighted by atomic mass is 10.1. The molecule has 1 rings (SSSR count). The number of benzene rings is 1. The van der Waals surface area contributed by atoms with Gasteiger partial charge >= 0.3 is 5.97 Å². The van der Waals surface area contributed by atoms with Crippen LogP contribution in [0.1, 0.15) is 37.8 Å². The molecule has 0 saturated carbocycles. The lowest BCUT2D eigenvalue weighted by molar-refractivity contribution is -0.131. The van der Waals surface area contributed by atoms with E-state index >= 15 is 0 Å². The smallest absolute Gasteiger partial charge is 0.328 e. The van der Waals surface area contributed by atoms with Crippen molar-refractivity contribution in [3.05, 3.63) is 41.2 Å². The summed E-state index contributed by atoms with van der Waals surface area (Å²) in [6, 6.07) is 4.59. The molecule has 1 aromatic rings. The van der Waals surface area contributed by atoms with Crippen molar-refractivity contribution in [2.24, 2.45) is 5.92 Å². The molecule has 110 valence electrons. The van der Waals surface area contributed by atoms with Crippen molar-refractivity contribution in [3.63, 3.8) is 0 Å². The number of ether oxygens (including phenoxy) is 1. The first-order valence-electron chi connectivity index (χ1n) is 6.80. The summed E-state index contributed by atoms with van der Waals surface area (Å²) in [4.78, 5) is 10.4. The number of halogens is 1. The molecule has 0 aliphatic rings. The zero-order valence-electron chi connectivity index (χ0n) is 11.9. The molecule has 1 atom stereocenters. The maximum absolute atomic E-state index is 13.5. The van der Waals surface area contributed by atoms with E-state index < -0.39 is 11.8 Å². The van der Waals surface area contributed by atoms with Gasteiger partial charge in [-0.3, -0.25) is 0 Å². The van der Waals surface area contributed by atoms with Gasteiger partial charge in [0.1, 0.15) is 5.82 Å². The molecule has 0 spiro atoms. The second-order valence-electron chi connectivity index (χ2n) is 4.94. The van der Waals surface area contributed by atoms with Gasteiger partial charge in [0, 0.05) is 18.2 Å². The van der Waals surface area contributed by atoms with Gasteiger partial charge in [-0.1, -0.05) is 26.3 Å². The van der Waals surface area contributed by atoms with Crippen molar-refractivity contribution in [1.82, 2.24) is 0 Å². The third-order valence-corrected chi connectivity index (χ3v) is 2.92. The predicted molar refractivity (Wildman–Crippen MR) is 76.8 cm³/mol. The molecule has 1 aromatic carbocycles. The summed E-state index contributed by atoms with van der Waals surface area (Å²) < 4.78 is 19.1. The summed E-state index contributed by atoms with van der Waals surface area (Å²) in [7, 11) is 0. The second-order valence-corrected chi connectivity index (χ2v) is 4.94. The Morgan fingerprint density at radius 2 is 2.25 bits per heavy atom. The van der Waals surface area contributed by atoms with E-state index in [4.69, 9.17) is 9.84 Å². The molecule has 0 bridgehead atoms. The first kappa shape index (κ1) is 16.4. The zero-order valence-corrected chi connectivity index (χ0v) is 11.9. The highest BCUT2D eigenvalue weighted by Crippen LogP contribution is 2.14. The summed E-state index contributed by atoms with van der Waals surface area (Å²) in [6.45, 7) is 5.35. The van der Waals surface area contributed by atoms with Crippen LogP contribution in [-0.4, -0.2) is 17.7 Å². The third-order valence-electron chi connectivity index (χ3n) is 2.92. The van der Waals surface area contributed by atoms with Gasteiger partial charge < -0.3 is 9.84 Å². The van der Waals surface area contributed by atoms with E-state index in [0.29, 0.717) is 19.1 Å². The lowest BCUT2D eigenvalue weighted by Gasteiger charge is -2.11. The molecule has 3 nitrogen and oxygen atoms in total. The number of hydrogen-bond donors (Lipinski definition) is 1. The Kier molecular flexibility index (Phi) is 6.94. The fourth-order valence-electron chi connectivity index (χ4n) is 1.93. The van der Waals surface area contributed by atoms with E-state index in [1.807, 2.05) is 0 Å². The first-order chi connectivity index (χ1) is 9.52. The number of rotatable bonds is 8. The van der Waals surface area contributed by atoms with Crippen LogP contribution in [0.5, 0.6) is 0 Å². The molecule has 0 aromatic heterocycles. The molecule has 1 N–H and O–H groups in total. The maximum Gasteiger partial charge on any atom is 0.328 e. The van der Waals surface area contributed by atoms with Gasteiger partial charge in [0.15, 0.2) is 0 Å². The molecule has 0 aliphatic heterocycles. The van der Waals surface area contributed by atoms with Gasteiger partial charge in [0.2, 0.25) is 0 Å². The van der Waals surface area contributed by atoms with Crippen molar-refractivity contribution >= 4 is 12.0 Å². The summed E-state index contributed by atoms with van der Waals surface area (Å²) in [5.74, 6) is -1.03. The Morgan fingerprint density at radius 1 is 1.50 bits per heavy atom. The molecule has 1 unspecified atom stereocenters. The molecular weight excluding hydrogens is 259 g/mol. The van der Waals surface area contributed by atoms with Crippen LogP contribution < -0.4 is 0 Å². The van der Waals surface area contributed by atoms with E-state index in [9.17, 15) is 9.18 Å². The minimum atomic E-state index is -1.10. The molecule has 0 amide bonds. The molecule has 0 saturated heterocycles. The van der Waals surface area contributed by atoms with Gasteiger partial charge in [-0.25, -0.2) is 9.18 Å². The van der Waals surface area contributed by atoms with Gasteiger partial charge in [0.25, 0.3) is 0 Å². The highest BCUT2D eigenvalue weighted by molar-refractivity contribution is 5.85. The minimum Gasteiger partial charge on any atom is -0.478 e. The normalized spacial score (nSPS) is 12.8. The van der Waals surface area contributed by atoms with Crippen LogP contribution in [0.2, 0.25) is 0 Å². The number of carbonyl (C=O) groups is 1. The number of carboxylic acid groups (broad SMARTS) is 1. The Labute approximate surface area is 119 Å². The summed E-state index contributed by atoms with van der Waals surface area (Å²) in [5, 5.41) is 8.55. The Hall–Kier alpha value is -1.68. The number of aliphatic carboxylic acids is 1. The van der Waals surface area contributed by atoms with Crippen LogP contribution in [0.4, 0.5) is 4.39 Å². The molecule has 20 heavy (non-hydrogen) atoms. The maximum atomic E-state index is 13.5. The number of carboxylic acids is 1. The highest BCUT2D eigenvalue weighted by atomic mass is 19.1. The van der Waals surface area contributed by atoms with Crippen LogP contribution >= 0.6 is 0 Å². The topological polar surface area (TPSA) is 46.5 Å². The summed E-state index contributed by atoms with van der Waals surface area (Å²) in [6.07, 6.45) is 4.43. The summed E-state index contributed by atoms with van der Waals surface area (Å²) in [5.41, 5.74) is 1.09. The van der Waals surface area contributed by atoms with Crippen LogP contribution in [0.25, 0.3) is 6.08 Å². The van der Waals surface area contributed by atoms with Gasteiger partial charge in [0.05, 0.1) is 6.61 Å². The molecular formula is C16H21FO3. The third kappa shape index (κ3) is 5.97. The Morgan fingerprint density at radius 3 is 2.90 bits per heavy atom. The number of hydrogen-bond acceptors (Lipinski definition) is 2. The largest absolute Gasteiger partial charge is 0.478 e. The van der Waals surface area contributed by atoms with Crippen LogP contribution in [0.15, 0.2) is 24.3 Å². The quantitative estimate of drug-likeness (QED) is 0.735. The fourth-order valence-corrected chi connectivity index (χ4v) is 1.93. The van der Waals surface area contributed by atoms with E-state index in [1.54, 1.807) is 12.1 Å². The lowest BCUT2D eigenvalue weighted by Crippen LogP contribution is -2.05. The van der Waals surface area contributed by atoms with Crippen molar-refractivity contribution in [3.8, 4) is 0 Å². The van der Waals surface area contributed by atoms with Crippen LogP contribution in [-0.2, 0) is 16.1 Å². The van der Waals surface area contributed by atoms with E-state index in [0.717, 1.165) is 24.5 Å². The Balaban J connectivity index is 2.59. The van der Waals surface area contributed by atoms with Gasteiger partial charge in [-0.15, -0.1) is 0 Å². The Bertz CT molecular complexity index is 469. The van der Waals surface area contributed by atoms with E-state index in [1.165, 1.54) is 12.1 Å². The average Bonchev–Trinajstić information content (AvgIpc) is 2.39. The van der Waals surface area contributed by atoms with E-state index in [-0.39, 0.29) is 5.56 Å². The standard InChI is InChI=1S/C16H21FO3/c1-3-4-12(2)10-20-11-13-5-7-15(17)14(9-13)6-8-16(18)19/h5-9,12H,3-4,10-11H2,1-2H3,(H,18,19)/b8-6+. The first-order valence-corrected chi connectivity index (χ1v) is 6.80. The SMILES string of the molecule is CCCC(C)COCc1ccc(F)c(/C=C/C(=O)O)c1. The fraction of sp³-hybridized carbons (Fsp3) is 0.438. The summed E-state index contributed by atoms with van der Waals surface area (Å²) >= 11 is 0. The van der Waals surface area contributed by atoms with Crippen molar-refractivity contribution in [2.45, 2.75) is 33.3 Å². The second kappa shape index (κ2) is 8.48. The van der Waals surface area contributed by atoms with Crippen molar-refractivity contribution in [2.75, 3.05) is 6.61 Å². The highest BCUT2D eigenvalue weighted by Gasteiger charge is 2.04. The van der Waals surface area contributed by atoms with Crippen molar-refractivity contribution in [1.29, 1.82) is 0 Å². The predicted octanol–water partition coefficient (Wildman–Crippen LogP) is 3.88. The molecule has 0 heterocycles. The molecule has 0 aliphatic carbocycles. The van der Waals surface area contributed by atoms with Crippen LogP contribution in [0.3, 0.4) is 0 Å². The van der Waals surface area contributed by atoms with Gasteiger partial charge in [-0.2, -0.15) is 0 Å². The average molecular weight is 280 g/mol. The van der Waals surface area contributed by atoms with Gasteiger partial charge in [-0.05, 0) is 36.1 Å². The molecule has 4 heteroatoms. The van der Waals surface area contributed by atoms with Crippen LogP contribution in [0, 0.1) is 11.7 Å². The van der Waals surface area contributed by atoms with Crippen molar-refractivity contribution < 1.29 is 19.0 Å². The zero-order chi connectivity index (χ0) is 15.0. The minimum absolute atomic E-state index is 0.259. The molecule has 0 radical (unpaired) electrons. The monoisotopic (exact) mass is 280 g/mol.